The van der Waals surface area contributed by atoms with Crippen LogP contribution in [-0.2, 0) is 0 Å². The lowest BCUT2D eigenvalue weighted by atomic mass is 10.0. The van der Waals surface area contributed by atoms with Crippen molar-refractivity contribution in [1.82, 2.24) is 4.98 Å². The van der Waals surface area contributed by atoms with Gasteiger partial charge in [-0.1, -0.05) is 23.7 Å². The van der Waals surface area contributed by atoms with E-state index in [2.05, 4.69) is 4.98 Å². The molecule has 0 amide bonds. The SMILES string of the molecule is Cc1c(Cl)cccc1-c1cc(C(=O)O)ccn1. The highest BCUT2D eigenvalue weighted by molar-refractivity contribution is 6.31. The summed E-state index contributed by atoms with van der Waals surface area (Å²) in [7, 11) is 0. The molecule has 0 unspecified atom stereocenters. The summed E-state index contributed by atoms with van der Waals surface area (Å²) < 4.78 is 0. The summed E-state index contributed by atoms with van der Waals surface area (Å²) in [6.45, 7) is 1.88. The van der Waals surface area contributed by atoms with Crippen molar-refractivity contribution in [3.63, 3.8) is 0 Å². The molecule has 0 saturated heterocycles. The average Bonchev–Trinajstić information content (AvgIpc) is 2.33. The van der Waals surface area contributed by atoms with Gasteiger partial charge in [0.2, 0.25) is 0 Å². The van der Waals surface area contributed by atoms with Crippen LogP contribution in [0, 0.1) is 6.92 Å². The number of nitrogens with zero attached hydrogens (tertiary/aromatic N) is 1. The second-order valence-corrected chi connectivity index (χ2v) is 4.05. The molecule has 2 aromatic rings. The Morgan fingerprint density at radius 3 is 2.82 bits per heavy atom. The van der Waals surface area contributed by atoms with Crippen LogP contribution in [0.5, 0.6) is 0 Å². The molecule has 0 saturated carbocycles. The highest BCUT2D eigenvalue weighted by Gasteiger charge is 2.09. The van der Waals surface area contributed by atoms with Crippen LogP contribution in [0.15, 0.2) is 36.5 Å². The number of benzene rings is 1. The summed E-state index contributed by atoms with van der Waals surface area (Å²) in [5.41, 5.74) is 2.57. The molecule has 3 nitrogen and oxygen atoms in total. The largest absolute Gasteiger partial charge is 0.478 e. The molecular formula is C13H10ClNO2. The number of hydrogen-bond donors (Lipinski definition) is 1. The molecule has 0 bridgehead atoms. The Bertz CT molecular complexity index is 581. The van der Waals surface area contributed by atoms with Crippen LogP contribution in [0.3, 0.4) is 0 Å². The number of aromatic carboxylic acids is 1. The Morgan fingerprint density at radius 2 is 2.12 bits per heavy atom. The van der Waals surface area contributed by atoms with Gasteiger partial charge < -0.3 is 5.11 Å². The number of halogens is 1. The van der Waals surface area contributed by atoms with Gasteiger partial charge in [-0.05, 0) is 30.7 Å². The van der Waals surface area contributed by atoms with Crippen LogP contribution < -0.4 is 0 Å². The molecule has 2 rings (SSSR count). The van der Waals surface area contributed by atoms with Gasteiger partial charge in [0.05, 0.1) is 11.3 Å². The molecule has 1 aromatic carbocycles. The van der Waals surface area contributed by atoms with Crippen LogP contribution in [0.4, 0.5) is 0 Å². The summed E-state index contributed by atoms with van der Waals surface area (Å²) in [6.07, 6.45) is 1.49. The molecule has 4 heteroatoms. The van der Waals surface area contributed by atoms with E-state index in [0.29, 0.717) is 10.7 Å². The minimum atomic E-state index is -0.965. The molecule has 1 heterocycles. The monoisotopic (exact) mass is 247 g/mol. The summed E-state index contributed by atoms with van der Waals surface area (Å²) in [6, 6.07) is 8.49. The summed E-state index contributed by atoms with van der Waals surface area (Å²) in [4.78, 5) is 15.1. The molecule has 0 radical (unpaired) electrons. The van der Waals surface area contributed by atoms with Gasteiger partial charge in [-0.25, -0.2) is 4.79 Å². The molecule has 0 aliphatic heterocycles. The number of carboxylic acid groups (broad SMARTS) is 1. The molecule has 0 fully saturated rings. The Labute approximate surface area is 104 Å². The lowest BCUT2D eigenvalue weighted by molar-refractivity contribution is 0.0697. The Morgan fingerprint density at radius 1 is 1.35 bits per heavy atom. The lowest BCUT2D eigenvalue weighted by Gasteiger charge is -2.07. The zero-order chi connectivity index (χ0) is 12.4. The predicted molar refractivity (Wildman–Crippen MR) is 66.4 cm³/mol. The van der Waals surface area contributed by atoms with Gasteiger partial charge in [-0.3, -0.25) is 4.98 Å². The molecule has 0 atom stereocenters. The van der Waals surface area contributed by atoms with Crippen LogP contribution in [-0.4, -0.2) is 16.1 Å². The van der Waals surface area contributed by atoms with E-state index in [9.17, 15) is 4.79 Å². The fourth-order valence-corrected chi connectivity index (χ4v) is 1.77. The van der Waals surface area contributed by atoms with Gasteiger partial charge >= 0.3 is 5.97 Å². The Hall–Kier alpha value is -1.87. The Kier molecular flexibility index (Phi) is 3.11. The first-order valence-corrected chi connectivity index (χ1v) is 5.42. The van der Waals surface area contributed by atoms with E-state index in [1.165, 1.54) is 12.3 Å². The smallest absolute Gasteiger partial charge is 0.335 e. The number of aromatic nitrogens is 1. The molecule has 17 heavy (non-hydrogen) atoms. The van der Waals surface area contributed by atoms with E-state index >= 15 is 0 Å². The van der Waals surface area contributed by atoms with Crippen molar-refractivity contribution in [2.24, 2.45) is 0 Å². The van der Waals surface area contributed by atoms with E-state index in [1.54, 1.807) is 12.1 Å². The Balaban J connectivity index is 2.57. The van der Waals surface area contributed by atoms with Crippen molar-refractivity contribution in [2.75, 3.05) is 0 Å². The van der Waals surface area contributed by atoms with Crippen LogP contribution in [0.2, 0.25) is 5.02 Å². The van der Waals surface area contributed by atoms with Crippen LogP contribution in [0.25, 0.3) is 11.3 Å². The quantitative estimate of drug-likeness (QED) is 0.885. The van der Waals surface area contributed by atoms with Crippen LogP contribution in [0.1, 0.15) is 15.9 Å². The van der Waals surface area contributed by atoms with E-state index in [0.717, 1.165) is 11.1 Å². The molecule has 86 valence electrons. The number of carboxylic acids is 1. The topological polar surface area (TPSA) is 50.2 Å². The number of carbonyl (C=O) groups is 1. The van der Waals surface area contributed by atoms with Gasteiger partial charge in [-0.2, -0.15) is 0 Å². The normalized spacial score (nSPS) is 10.2. The van der Waals surface area contributed by atoms with Crippen molar-refractivity contribution in [2.45, 2.75) is 6.92 Å². The summed E-state index contributed by atoms with van der Waals surface area (Å²) in [5.74, 6) is -0.965. The van der Waals surface area contributed by atoms with Crippen LogP contribution >= 0.6 is 11.6 Å². The van der Waals surface area contributed by atoms with Gasteiger partial charge in [0, 0.05) is 16.8 Å². The minimum absolute atomic E-state index is 0.217. The molecule has 0 aliphatic carbocycles. The lowest BCUT2D eigenvalue weighted by Crippen LogP contribution is -1.97. The van der Waals surface area contributed by atoms with E-state index in [1.807, 2.05) is 19.1 Å². The molecule has 0 spiro atoms. The van der Waals surface area contributed by atoms with Gasteiger partial charge in [0.1, 0.15) is 0 Å². The van der Waals surface area contributed by atoms with E-state index < -0.39 is 5.97 Å². The first-order chi connectivity index (χ1) is 8.09. The fourth-order valence-electron chi connectivity index (χ4n) is 1.60. The standard InChI is InChI=1S/C13H10ClNO2/c1-8-10(3-2-4-11(8)14)12-7-9(13(16)17)5-6-15-12/h2-7H,1H3,(H,16,17). The number of rotatable bonds is 2. The molecule has 1 aromatic heterocycles. The summed E-state index contributed by atoms with van der Waals surface area (Å²) in [5, 5.41) is 9.57. The minimum Gasteiger partial charge on any atom is -0.478 e. The summed E-state index contributed by atoms with van der Waals surface area (Å²) >= 11 is 6.02. The maximum Gasteiger partial charge on any atom is 0.335 e. The van der Waals surface area contributed by atoms with Gasteiger partial charge in [0.15, 0.2) is 0 Å². The predicted octanol–water partition coefficient (Wildman–Crippen LogP) is 3.41. The first-order valence-electron chi connectivity index (χ1n) is 5.04. The third-order valence-corrected chi connectivity index (χ3v) is 2.96. The van der Waals surface area contributed by atoms with E-state index in [4.69, 9.17) is 16.7 Å². The van der Waals surface area contributed by atoms with Gasteiger partial charge in [-0.15, -0.1) is 0 Å². The highest BCUT2D eigenvalue weighted by atomic mass is 35.5. The fraction of sp³-hybridized carbons (Fsp3) is 0.0769. The number of pyridine rings is 1. The molecule has 1 N–H and O–H groups in total. The molecular weight excluding hydrogens is 238 g/mol. The van der Waals surface area contributed by atoms with Crippen molar-refractivity contribution in [3.8, 4) is 11.3 Å². The average molecular weight is 248 g/mol. The highest BCUT2D eigenvalue weighted by Crippen LogP contribution is 2.27. The third-order valence-electron chi connectivity index (χ3n) is 2.55. The second kappa shape index (κ2) is 4.55. The number of hydrogen-bond acceptors (Lipinski definition) is 2. The third kappa shape index (κ3) is 2.29. The first kappa shape index (κ1) is 11.6. The van der Waals surface area contributed by atoms with Gasteiger partial charge in [0.25, 0.3) is 0 Å². The second-order valence-electron chi connectivity index (χ2n) is 3.65. The zero-order valence-electron chi connectivity index (χ0n) is 9.14. The van der Waals surface area contributed by atoms with Crippen molar-refractivity contribution >= 4 is 17.6 Å². The maximum absolute atomic E-state index is 10.9. The zero-order valence-corrected chi connectivity index (χ0v) is 9.90. The van der Waals surface area contributed by atoms with E-state index in [-0.39, 0.29) is 5.56 Å². The molecule has 0 aliphatic rings. The maximum atomic E-state index is 10.9. The van der Waals surface area contributed by atoms with Crippen molar-refractivity contribution < 1.29 is 9.90 Å². The van der Waals surface area contributed by atoms with Crippen molar-refractivity contribution in [1.29, 1.82) is 0 Å². The van der Waals surface area contributed by atoms with Crippen molar-refractivity contribution in [3.05, 3.63) is 52.7 Å².